The van der Waals surface area contributed by atoms with E-state index in [1.165, 1.54) is 22.2 Å². The molecule has 162 valence electrons. The molecule has 0 spiro atoms. The molecule has 0 aromatic heterocycles. The molecule has 1 aliphatic heterocycles. The minimum atomic E-state index is -0.341. The van der Waals surface area contributed by atoms with Crippen LogP contribution in [0.1, 0.15) is 29.2 Å². The Morgan fingerprint density at radius 1 is 0.812 bits per heavy atom. The average molecular weight is 443 g/mol. The van der Waals surface area contributed by atoms with Crippen LogP contribution in [0.15, 0.2) is 82.2 Å². The second kappa shape index (κ2) is 9.05. The Bertz CT molecular complexity index is 1210. The van der Waals surface area contributed by atoms with Crippen LogP contribution in [-0.2, 0) is 16.0 Å². The number of amides is 2. The first-order valence-electron chi connectivity index (χ1n) is 10.7. The van der Waals surface area contributed by atoms with Crippen LogP contribution in [0.25, 0.3) is 0 Å². The van der Waals surface area contributed by atoms with Gasteiger partial charge in [-0.3, -0.25) is 9.59 Å². The van der Waals surface area contributed by atoms with Crippen LogP contribution in [0.4, 0.5) is 11.4 Å². The monoisotopic (exact) mass is 442 g/mol. The molecule has 32 heavy (non-hydrogen) atoms. The second-order valence-corrected chi connectivity index (χ2v) is 9.09. The van der Waals surface area contributed by atoms with Gasteiger partial charge in [0.05, 0.1) is 5.69 Å². The zero-order chi connectivity index (χ0) is 22.8. The summed E-state index contributed by atoms with van der Waals surface area (Å²) in [6.07, 6.45) is 0.897. The highest BCUT2D eigenvalue weighted by Gasteiger charge is 2.40. The van der Waals surface area contributed by atoms with Crippen molar-refractivity contribution in [2.45, 2.75) is 39.0 Å². The average Bonchev–Trinajstić information content (AvgIpc) is 3.01. The van der Waals surface area contributed by atoms with Crippen LogP contribution in [0, 0.1) is 20.8 Å². The van der Waals surface area contributed by atoms with Gasteiger partial charge in [0.25, 0.3) is 11.8 Å². The van der Waals surface area contributed by atoms with Gasteiger partial charge >= 0.3 is 0 Å². The molecule has 0 aliphatic carbocycles. The number of aryl methyl sites for hydroxylation is 4. The van der Waals surface area contributed by atoms with Crippen molar-refractivity contribution >= 4 is 35.0 Å². The third kappa shape index (κ3) is 4.34. The Morgan fingerprint density at radius 2 is 1.50 bits per heavy atom. The van der Waals surface area contributed by atoms with Crippen molar-refractivity contribution in [3.63, 3.8) is 0 Å². The van der Waals surface area contributed by atoms with Crippen molar-refractivity contribution in [3.05, 3.63) is 99.6 Å². The van der Waals surface area contributed by atoms with E-state index in [0.717, 1.165) is 33.7 Å². The van der Waals surface area contributed by atoms with E-state index in [0.29, 0.717) is 16.3 Å². The van der Waals surface area contributed by atoms with Crippen molar-refractivity contribution in [2.75, 3.05) is 10.2 Å². The summed E-state index contributed by atoms with van der Waals surface area (Å²) in [6.45, 7) is 8.17. The predicted octanol–water partition coefficient (Wildman–Crippen LogP) is 6.16. The lowest BCUT2D eigenvalue weighted by Crippen LogP contribution is -2.32. The molecule has 1 aliphatic rings. The van der Waals surface area contributed by atoms with Gasteiger partial charge in [0, 0.05) is 10.6 Å². The lowest BCUT2D eigenvalue weighted by Gasteiger charge is -2.16. The molecule has 0 radical (unpaired) electrons. The van der Waals surface area contributed by atoms with Crippen LogP contribution in [0.3, 0.4) is 0 Å². The molecule has 0 saturated heterocycles. The fourth-order valence-electron chi connectivity index (χ4n) is 3.52. The fraction of sp³-hybridized carbons (Fsp3) is 0.185. The zero-order valence-corrected chi connectivity index (χ0v) is 19.5. The van der Waals surface area contributed by atoms with Gasteiger partial charge in [-0.1, -0.05) is 54.6 Å². The number of benzene rings is 3. The molecule has 2 amide bonds. The summed E-state index contributed by atoms with van der Waals surface area (Å²) in [4.78, 5) is 29.5. The highest BCUT2D eigenvalue weighted by molar-refractivity contribution is 8.04. The summed E-state index contributed by atoms with van der Waals surface area (Å²) < 4.78 is 0. The summed E-state index contributed by atoms with van der Waals surface area (Å²) in [7, 11) is 0. The molecular formula is C27H26N2O2S. The first-order valence-corrected chi connectivity index (χ1v) is 11.5. The molecule has 5 heteroatoms. The van der Waals surface area contributed by atoms with Gasteiger partial charge in [-0.15, -0.1) is 0 Å². The van der Waals surface area contributed by atoms with Crippen LogP contribution in [0.2, 0.25) is 0 Å². The minimum Gasteiger partial charge on any atom is -0.350 e. The standard InChI is InChI=1S/C27H26N2O2S/c1-5-20-9-12-22(13-10-20)29-26(30)24(28-21-11-8-18(3)19(4)16-21)25(27(29)31)32-23-14-6-17(2)7-15-23/h6-16,28H,5H2,1-4H3. The van der Waals surface area contributed by atoms with E-state index in [1.54, 1.807) is 0 Å². The molecule has 0 bridgehead atoms. The van der Waals surface area contributed by atoms with E-state index < -0.39 is 0 Å². The lowest BCUT2D eigenvalue weighted by atomic mass is 10.1. The van der Waals surface area contributed by atoms with Crippen LogP contribution in [-0.4, -0.2) is 11.8 Å². The Balaban J connectivity index is 1.73. The van der Waals surface area contributed by atoms with Crippen molar-refractivity contribution in [3.8, 4) is 0 Å². The number of carbonyl (C=O) groups excluding carboxylic acids is 2. The Kier molecular flexibility index (Phi) is 6.19. The quantitative estimate of drug-likeness (QED) is 0.464. The smallest absolute Gasteiger partial charge is 0.283 e. The molecule has 0 unspecified atom stereocenters. The van der Waals surface area contributed by atoms with Gasteiger partial charge in [-0.25, -0.2) is 4.90 Å². The third-order valence-electron chi connectivity index (χ3n) is 5.66. The molecule has 4 nitrogen and oxygen atoms in total. The SMILES string of the molecule is CCc1ccc(N2C(=O)C(Nc3ccc(C)c(C)c3)=C(Sc3ccc(C)cc3)C2=O)cc1. The van der Waals surface area contributed by atoms with Crippen molar-refractivity contribution in [1.29, 1.82) is 0 Å². The maximum atomic E-state index is 13.5. The Labute approximate surface area is 193 Å². The molecular weight excluding hydrogens is 416 g/mol. The van der Waals surface area contributed by atoms with Gasteiger partial charge < -0.3 is 5.32 Å². The van der Waals surface area contributed by atoms with E-state index in [1.807, 2.05) is 87.5 Å². The number of anilines is 2. The number of imide groups is 1. The zero-order valence-electron chi connectivity index (χ0n) is 18.7. The van der Waals surface area contributed by atoms with Gasteiger partial charge in [0.1, 0.15) is 10.6 Å². The van der Waals surface area contributed by atoms with Crippen molar-refractivity contribution < 1.29 is 9.59 Å². The summed E-state index contributed by atoms with van der Waals surface area (Å²) in [5.74, 6) is -0.650. The highest BCUT2D eigenvalue weighted by Crippen LogP contribution is 2.38. The van der Waals surface area contributed by atoms with E-state index >= 15 is 0 Å². The van der Waals surface area contributed by atoms with Crippen molar-refractivity contribution in [2.24, 2.45) is 0 Å². The van der Waals surface area contributed by atoms with E-state index in [9.17, 15) is 9.59 Å². The number of nitrogens with one attached hydrogen (secondary N) is 1. The predicted molar refractivity (Wildman–Crippen MR) is 132 cm³/mol. The number of carbonyl (C=O) groups is 2. The summed E-state index contributed by atoms with van der Waals surface area (Å²) in [5, 5.41) is 3.24. The number of thioether (sulfide) groups is 1. The number of hydrogen-bond donors (Lipinski definition) is 1. The largest absolute Gasteiger partial charge is 0.350 e. The van der Waals surface area contributed by atoms with Gasteiger partial charge in [0.2, 0.25) is 0 Å². The van der Waals surface area contributed by atoms with Gasteiger partial charge in [-0.2, -0.15) is 0 Å². The summed E-state index contributed by atoms with van der Waals surface area (Å²) in [5.41, 5.74) is 6.26. The fourth-order valence-corrected chi connectivity index (χ4v) is 4.44. The second-order valence-electron chi connectivity index (χ2n) is 8.01. The molecule has 1 heterocycles. The van der Waals surface area contributed by atoms with E-state index in [-0.39, 0.29) is 11.8 Å². The molecule has 1 N–H and O–H groups in total. The Hall–Kier alpha value is -3.31. The maximum Gasteiger partial charge on any atom is 0.283 e. The summed E-state index contributed by atoms with van der Waals surface area (Å²) in [6, 6.07) is 21.5. The first-order chi connectivity index (χ1) is 15.4. The molecule has 4 rings (SSSR count). The van der Waals surface area contributed by atoms with Gasteiger partial charge in [0.15, 0.2) is 0 Å². The van der Waals surface area contributed by atoms with Gasteiger partial charge in [-0.05, 0) is 80.3 Å². The van der Waals surface area contributed by atoms with Crippen LogP contribution < -0.4 is 10.2 Å². The lowest BCUT2D eigenvalue weighted by molar-refractivity contribution is -0.120. The van der Waals surface area contributed by atoms with E-state index in [2.05, 4.69) is 12.2 Å². The van der Waals surface area contributed by atoms with Crippen LogP contribution >= 0.6 is 11.8 Å². The molecule has 3 aromatic carbocycles. The highest BCUT2D eigenvalue weighted by atomic mass is 32.2. The first kappa shape index (κ1) is 21.9. The normalized spacial score (nSPS) is 13.8. The third-order valence-corrected chi connectivity index (χ3v) is 6.75. The molecule has 0 fully saturated rings. The Morgan fingerprint density at radius 3 is 2.12 bits per heavy atom. The van der Waals surface area contributed by atoms with Crippen LogP contribution in [0.5, 0.6) is 0 Å². The minimum absolute atomic E-state index is 0.309. The summed E-state index contributed by atoms with van der Waals surface area (Å²) >= 11 is 1.32. The van der Waals surface area contributed by atoms with E-state index in [4.69, 9.17) is 0 Å². The molecule has 0 atom stereocenters. The van der Waals surface area contributed by atoms with Crippen molar-refractivity contribution in [1.82, 2.24) is 0 Å². The topological polar surface area (TPSA) is 49.4 Å². The maximum absolute atomic E-state index is 13.5. The number of hydrogen-bond acceptors (Lipinski definition) is 4. The molecule has 3 aromatic rings. The number of nitrogens with zero attached hydrogens (tertiary/aromatic N) is 1. The molecule has 0 saturated carbocycles. The number of rotatable bonds is 6.